The Morgan fingerprint density at radius 3 is 2.51 bits per heavy atom. The zero-order valence-corrected chi connectivity index (χ0v) is 20.5. The molecule has 0 bridgehead atoms. The zero-order chi connectivity index (χ0) is 24.2. The predicted octanol–water partition coefficient (Wildman–Crippen LogP) is 3.97. The molecule has 1 amide bonds. The maximum atomic E-state index is 13.0. The summed E-state index contributed by atoms with van der Waals surface area (Å²) in [6, 6.07) is 15.9. The van der Waals surface area contributed by atoms with Gasteiger partial charge in [0.1, 0.15) is 6.33 Å². The molecule has 1 fully saturated rings. The molecular weight excluding hydrogens is 462 g/mol. The molecule has 1 unspecified atom stereocenters. The van der Waals surface area contributed by atoms with Crippen molar-refractivity contribution in [2.45, 2.75) is 30.8 Å². The number of carbonyl (C=O) groups excluding carboxylic acids is 1. The van der Waals surface area contributed by atoms with Gasteiger partial charge in [-0.2, -0.15) is 10.1 Å². The van der Waals surface area contributed by atoms with E-state index in [4.69, 9.17) is 4.52 Å². The van der Waals surface area contributed by atoms with E-state index in [9.17, 15) is 4.79 Å². The lowest BCUT2D eigenvalue weighted by Gasteiger charge is -2.36. The molecule has 4 aromatic rings. The topological polar surface area (TPSA) is 104 Å². The zero-order valence-electron chi connectivity index (χ0n) is 19.7. The van der Waals surface area contributed by atoms with Crippen LogP contribution in [-0.2, 0) is 5.75 Å². The third-order valence-corrected chi connectivity index (χ3v) is 7.18. The summed E-state index contributed by atoms with van der Waals surface area (Å²) < 4.78 is 5.57. The maximum absolute atomic E-state index is 13.0. The number of benzene rings is 2. The van der Waals surface area contributed by atoms with Crippen molar-refractivity contribution in [1.29, 1.82) is 0 Å². The maximum Gasteiger partial charge on any atom is 0.253 e. The summed E-state index contributed by atoms with van der Waals surface area (Å²) in [5.41, 5.74) is 3.97. The van der Waals surface area contributed by atoms with Crippen LogP contribution in [-0.4, -0.2) is 67.2 Å². The van der Waals surface area contributed by atoms with Crippen molar-refractivity contribution in [2.24, 2.45) is 0 Å². The molecular formula is C25H27N7O2S. The summed E-state index contributed by atoms with van der Waals surface area (Å²) in [7, 11) is 0. The summed E-state index contributed by atoms with van der Waals surface area (Å²) in [5, 5.41) is 11.6. The number of aryl methyl sites for hydroxylation is 1. The molecule has 180 valence electrons. The molecule has 10 heteroatoms. The number of amides is 1. The van der Waals surface area contributed by atoms with Crippen LogP contribution in [0.2, 0.25) is 0 Å². The Morgan fingerprint density at radius 2 is 1.83 bits per heavy atom. The summed E-state index contributed by atoms with van der Waals surface area (Å²) >= 11 is 1.58. The minimum absolute atomic E-state index is 0.0138. The van der Waals surface area contributed by atoms with Crippen LogP contribution in [0.5, 0.6) is 0 Å². The van der Waals surface area contributed by atoms with E-state index in [-0.39, 0.29) is 11.9 Å². The van der Waals surface area contributed by atoms with Gasteiger partial charge in [-0.3, -0.25) is 14.8 Å². The Morgan fingerprint density at radius 1 is 1.09 bits per heavy atom. The first kappa shape index (κ1) is 23.3. The highest BCUT2D eigenvalue weighted by Gasteiger charge is 2.28. The van der Waals surface area contributed by atoms with Gasteiger partial charge in [0, 0.05) is 43.1 Å². The molecule has 0 aliphatic carbocycles. The number of aromatic nitrogens is 5. The molecule has 0 spiro atoms. The van der Waals surface area contributed by atoms with Gasteiger partial charge in [-0.25, -0.2) is 4.98 Å². The minimum Gasteiger partial charge on any atom is -0.337 e. The van der Waals surface area contributed by atoms with Crippen LogP contribution in [0.25, 0.3) is 11.4 Å². The van der Waals surface area contributed by atoms with Crippen LogP contribution in [0.15, 0.2) is 64.5 Å². The number of carbonyl (C=O) groups is 1. The van der Waals surface area contributed by atoms with E-state index >= 15 is 0 Å². The molecule has 3 heterocycles. The molecule has 1 atom stereocenters. The number of H-pyrrole nitrogens is 1. The number of rotatable bonds is 7. The van der Waals surface area contributed by atoms with Crippen LogP contribution in [0.1, 0.15) is 40.3 Å². The number of aromatic amines is 1. The number of nitrogens with zero attached hydrogens (tertiary/aromatic N) is 6. The number of piperazine rings is 1. The Balaban J connectivity index is 1.14. The van der Waals surface area contributed by atoms with Gasteiger partial charge in [0.05, 0.1) is 6.04 Å². The molecule has 0 saturated carbocycles. The van der Waals surface area contributed by atoms with Crippen molar-refractivity contribution in [3.63, 3.8) is 0 Å². The standard InChI is InChI=1S/C25H27N7O2S/c1-17-3-7-20(8-4-17)22-28-23(34-30-22)18(2)31-11-13-32(14-12-31)24(33)21-9-5-19(6-10-21)15-35-25-26-16-27-29-25/h3-10,16,18H,11-15H2,1-2H3,(H,26,27,29). The molecule has 2 aromatic heterocycles. The van der Waals surface area contributed by atoms with Crippen molar-refractivity contribution < 1.29 is 9.32 Å². The average molecular weight is 490 g/mol. The highest BCUT2D eigenvalue weighted by atomic mass is 32.2. The van der Waals surface area contributed by atoms with Gasteiger partial charge < -0.3 is 9.42 Å². The van der Waals surface area contributed by atoms with Crippen LogP contribution >= 0.6 is 11.8 Å². The summed E-state index contributed by atoms with van der Waals surface area (Å²) in [6.07, 6.45) is 1.50. The van der Waals surface area contributed by atoms with Gasteiger partial charge in [-0.1, -0.05) is 58.9 Å². The quantitative estimate of drug-likeness (QED) is 0.389. The molecule has 1 N–H and O–H groups in total. The highest BCUT2D eigenvalue weighted by molar-refractivity contribution is 7.98. The Hall–Kier alpha value is -3.50. The molecule has 0 radical (unpaired) electrons. The fraction of sp³-hybridized carbons (Fsp3) is 0.320. The third-order valence-electron chi connectivity index (χ3n) is 6.23. The first-order valence-corrected chi connectivity index (χ1v) is 12.6. The highest BCUT2D eigenvalue weighted by Crippen LogP contribution is 2.24. The van der Waals surface area contributed by atoms with E-state index < -0.39 is 0 Å². The molecule has 1 aliphatic heterocycles. The van der Waals surface area contributed by atoms with Gasteiger partial charge in [0.25, 0.3) is 5.91 Å². The fourth-order valence-electron chi connectivity index (χ4n) is 4.03. The van der Waals surface area contributed by atoms with E-state index in [1.807, 2.05) is 60.4 Å². The largest absolute Gasteiger partial charge is 0.337 e. The molecule has 9 nitrogen and oxygen atoms in total. The minimum atomic E-state index is -0.0138. The monoisotopic (exact) mass is 489 g/mol. The fourth-order valence-corrected chi connectivity index (χ4v) is 4.77. The van der Waals surface area contributed by atoms with E-state index in [0.717, 1.165) is 35.1 Å². The van der Waals surface area contributed by atoms with E-state index in [2.05, 4.69) is 37.1 Å². The summed E-state index contributed by atoms with van der Waals surface area (Å²) in [6.45, 7) is 6.94. The molecule has 35 heavy (non-hydrogen) atoms. The second-order valence-electron chi connectivity index (χ2n) is 8.60. The SMILES string of the molecule is Cc1ccc(-c2noc(C(C)N3CCN(C(=O)c4ccc(CSc5ncn[nH]5)cc4)CC3)n2)cc1. The second-order valence-corrected chi connectivity index (χ2v) is 9.57. The first-order chi connectivity index (χ1) is 17.1. The Kier molecular flexibility index (Phi) is 6.91. The molecule has 2 aromatic carbocycles. The van der Waals surface area contributed by atoms with Crippen molar-refractivity contribution in [3.05, 3.63) is 77.4 Å². The molecule has 5 rings (SSSR count). The van der Waals surface area contributed by atoms with Crippen LogP contribution < -0.4 is 0 Å². The number of hydrogen-bond acceptors (Lipinski definition) is 8. The number of thioether (sulfide) groups is 1. The lowest BCUT2D eigenvalue weighted by atomic mass is 10.1. The van der Waals surface area contributed by atoms with Gasteiger partial charge in [0.2, 0.25) is 11.7 Å². The summed E-state index contributed by atoms with van der Waals surface area (Å²) in [5.74, 6) is 2.02. The van der Waals surface area contributed by atoms with Crippen molar-refractivity contribution >= 4 is 17.7 Å². The van der Waals surface area contributed by atoms with E-state index in [0.29, 0.717) is 30.4 Å². The lowest BCUT2D eigenvalue weighted by Crippen LogP contribution is -2.49. The molecule has 1 aliphatic rings. The smallest absolute Gasteiger partial charge is 0.253 e. The summed E-state index contributed by atoms with van der Waals surface area (Å²) in [4.78, 5) is 25.9. The van der Waals surface area contributed by atoms with E-state index in [1.54, 1.807) is 11.8 Å². The first-order valence-electron chi connectivity index (χ1n) is 11.6. The third kappa shape index (κ3) is 5.44. The van der Waals surface area contributed by atoms with Crippen molar-refractivity contribution in [2.75, 3.05) is 26.2 Å². The number of hydrogen-bond donors (Lipinski definition) is 1. The van der Waals surface area contributed by atoms with Gasteiger partial charge in [-0.15, -0.1) is 0 Å². The van der Waals surface area contributed by atoms with Gasteiger partial charge in [0.15, 0.2) is 5.16 Å². The Labute approximate surface area is 207 Å². The van der Waals surface area contributed by atoms with Crippen LogP contribution in [0, 0.1) is 6.92 Å². The normalized spacial score (nSPS) is 15.3. The predicted molar refractivity (Wildman–Crippen MR) is 133 cm³/mol. The van der Waals surface area contributed by atoms with Gasteiger partial charge in [-0.05, 0) is 31.5 Å². The van der Waals surface area contributed by atoms with Crippen LogP contribution in [0.4, 0.5) is 0 Å². The molecule has 1 saturated heterocycles. The van der Waals surface area contributed by atoms with Crippen LogP contribution in [0.3, 0.4) is 0 Å². The number of nitrogens with one attached hydrogen (secondary N) is 1. The second kappa shape index (κ2) is 10.4. The average Bonchev–Trinajstić information content (AvgIpc) is 3.60. The Bertz CT molecular complexity index is 1250. The van der Waals surface area contributed by atoms with Crippen molar-refractivity contribution in [3.8, 4) is 11.4 Å². The van der Waals surface area contributed by atoms with Crippen molar-refractivity contribution in [1.82, 2.24) is 35.1 Å². The van der Waals surface area contributed by atoms with Gasteiger partial charge >= 0.3 is 0 Å². The lowest BCUT2D eigenvalue weighted by molar-refractivity contribution is 0.0551. The van der Waals surface area contributed by atoms with E-state index in [1.165, 1.54) is 11.9 Å².